The lowest BCUT2D eigenvalue weighted by Gasteiger charge is -2.25. The number of fused-ring (bicyclic) bond motifs is 14. The highest BCUT2D eigenvalue weighted by Gasteiger charge is 2.47. The first kappa shape index (κ1) is 38.8. The molecule has 282 valence electrons. The summed E-state index contributed by atoms with van der Waals surface area (Å²) in [6, 6.07) is 1.46. The van der Waals surface area contributed by atoms with Gasteiger partial charge in [-0.3, -0.25) is 4.94 Å². The van der Waals surface area contributed by atoms with Crippen molar-refractivity contribution in [1.82, 2.24) is 9.79 Å². The van der Waals surface area contributed by atoms with E-state index in [2.05, 4.69) is 0 Å². The predicted molar refractivity (Wildman–Crippen MR) is 229 cm³/mol. The lowest BCUT2D eigenvalue weighted by Crippen LogP contribution is -2.46. The van der Waals surface area contributed by atoms with Crippen molar-refractivity contribution in [1.29, 1.82) is 0 Å². The normalized spacial score (nSPS) is 18.4. The number of benzene rings is 4. The van der Waals surface area contributed by atoms with E-state index in [1.165, 1.54) is 11.1 Å². The number of aliphatic imine (C=N–C) groups is 4. The van der Waals surface area contributed by atoms with Crippen molar-refractivity contribution < 1.29 is 4.94 Å². The summed E-state index contributed by atoms with van der Waals surface area (Å²) in [5.74, 6) is -0.106. The molecule has 0 radical (unpaired) electrons. The molecular weight excluding hydrogens is 1040 g/mol. The van der Waals surface area contributed by atoms with Crippen LogP contribution in [0.25, 0.3) is 10.8 Å². The van der Waals surface area contributed by atoms with Gasteiger partial charge in [-0.15, -0.1) is 9.79 Å². The third-order valence-corrected chi connectivity index (χ3v) is 15.8. The zero-order valence-electron chi connectivity index (χ0n) is 25.9. The minimum Gasteiger partial charge on any atom is -0.279 e. The van der Waals surface area contributed by atoms with Gasteiger partial charge in [0.05, 0.1) is 97.2 Å². The third-order valence-electron chi connectivity index (χ3n) is 9.26. The van der Waals surface area contributed by atoms with Crippen molar-refractivity contribution in [3.05, 3.63) is 126 Å². The van der Waals surface area contributed by atoms with Gasteiger partial charge in [-0.2, -0.15) is 0 Å². The van der Waals surface area contributed by atoms with Gasteiger partial charge in [-0.05, 0) is 6.07 Å². The van der Waals surface area contributed by atoms with E-state index < -0.39 is 12.3 Å². The zero-order chi connectivity index (χ0) is 39.7. The maximum Gasteiger partial charge on any atom is 0.190 e. The number of hydroxylamine groups is 2. The summed E-state index contributed by atoms with van der Waals surface area (Å²) in [7, 11) is 0. The van der Waals surface area contributed by atoms with E-state index in [9.17, 15) is 0 Å². The molecule has 2 unspecified atom stereocenters. The molecule has 5 aliphatic heterocycles. The van der Waals surface area contributed by atoms with Crippen LogP contribution in [-0.4, -0.2) is 33.1 Å². The molecule has 0 aliphatic carbocycles. The topological polar surface area (TPSA) is 91.6 Å². The van der Waals surface area contributed by atoms with Gasteiger partial charge in [0.2, 0.25) is 0 Å². The van der Waals surface area contributed by atoms with E-state index in [-0.39, 0.29) is 148 Å². The van der Waals surface area contributed by atoms with Crippen LogP contribution in [-0.2, 0) is 0 Å². The number of rotatable bonds is 0. The summed E-state index contributed by atoms with van der Waals surface area (Å²) in [6.07, 6.45) is -2.49. The molecule has 0 spiro atoms. The molecule has 56 heavy (non-hydrogen) atoms. The Bertz CT molecular complexity index is 3100. The molecule has 6 heterocycles. The number of hydrogen-bond acceptors (Lipinski definition) is 8. The molecule has 0 fully saturated rings. The second-order valence-electron chi connectivity index (χ2n) is 12.1. The molecule has 1 aromatic heterocycles. The minimum atomic E-state index is -1.34. The second kappa shape index (κ2) is 13.3. The number of nitrogens with zero attached hydrogens (tertiary/aromatic N) is 8. The Morgan fingerprint density at radius 3 is 1.54 bits per heavy atom. The van der Waals surface area contributed by atoms with Gasteiger partial charge in [-0.25, -0.2) is 30.0 Å². The molecule has 9 nitrogen and oxygen atoms in total. The summed E-state index contributed by atoms with van der Waals surface area (Å²) in [6.45, 7) is 0. The van der Waals surface area contributed by atoms with Gasteiger partial charge in [0, 0.05) is 22.3 Å². The Labute approximate surface area is 387 Å². The minimum absolute atomic E-state index is 0.00602. The fourth-order valence-electron chi connectivity index (χ4n) is 6.87. The van der Waals surface area contributed by atoms with Crippen LogP contribution in [0.3, 0.4) is 0 Å². The summed E-state index contributed by atoms with van der Waals surface area (Å²) < 4.78 is 1.16. The van der Waals surface area contributed by atoms with Crippen molar-refractivity contribution in [2.45, 2.75) is 12.3 Å². The van der Waals surface area contributed by atoms with Gasteiger partial charge in [0.1, 0.15) is 0 Å². The predicted octanol–water partition coefficient (Wildman–Crippen LogP) is 13.5. The third kappa shape index (κ3) is 5.06. The van der Waals surface area contributed by atoms with Crippen LogP contribution in [0.1, 0.15) is 45.7 Å². The van der Waals surface area contributed by atoms with E-state index in [0.29, 0.717) is 5.56 Å². The van der Waals surface area contributed by atoms with E-state index >= 15 is 0 Å². The van der Waals surface area contributed by atoms with Crippen LogP contribution in [0.2, 0.25) is 75.3 Å². The van der Waals surface area contributed by atoms with Crippen molar-refractivity contribution in [3.8, 4) is 0 Å². The molecule has 5 aromatic rings. The summed E-state index contributed by atoms with van der Waals surface area (Å²) in [5.41, 5.74) is 1.07. The number of hydrogen-bond donors (Lipinski definition) is 0. The van der Waals surface area contributed by atoms with Gasteiger partial charge >= 0.3 is 0 Å². The Morgan fingerprint density at radius 2 is 0.929 bits per heavy atom. The summed E-state index contributed by atoms with van der Waals surface area (Å²) in [5, 5.41) is 0.814. The standard InChI is InChI=1S/C32H3Cl15N8O/c33-2-1-3(34)12(35)5-4(2)25-48-26(5)51-30-10-11(18(41)24(47)23(46)17(10)40)32-53-28-7-6(13(36)19(42)20(43)14(7)37)27(49-28)52-31-9-8(15(38)21(44)22(45)16(9)39)29(50-25)54(31)56-55(30)32/h1,25,31H. The van der Waals surface area contributed by atoms with Crippen LogP contribution < -0.4 is 15.9 Å². The molecule has 10 rings (SSSR count). The Balaban J connectivity index is 1.48. The highest BCUT2D eigenvalue weighted by molar-refractivity contribution is 6.57. The van der Waals surface area contributed by atoms with E-state index in [1.54, 1.807) is 0 Å². The average molecular weight is 1050 g/mol. The molecule has 0 saturated carbocycles. The molecule has 6 bridgehead atoms. The van der Waals surface area contributed by atoms with Crippen molar-refractivity contribution in [2.24, 2.45) is 30.0 Å². The maximum absolute atomic E-state index is 7.02. The van der Waals surface area contributed by atoms with Crippen molar-refractivity contribution in [2.75, 3.05) is 0 Å². The van der Waals surface area contributed by atoms with E-state index in [4.69, 9.17) is 209 Å². The monoisotopic (exact) mass is 1040 g/mol. The lowest BCUT2D eigenvalue weighted by molar-refractivity contribution is -0.135. The largest absolute Gasteiger partial charge is 0.279 e. The Morgan fingerprint density at radius 1 is 0.429 bits per heavy atom. The van der Waals surface area contributed by atoms with Crippen LogP contribution in [0, 0.1) is 0 Å². The second-order valence-corrected chi connectivity index (χ2v) is 17.8. The quantitative estimate of drug-likeness (QED) is 0.114. The number of amidine groups is 4. The Kier molecular flexibility index (Phi) is 9.24. The molecule has 2 atom stereocenters. The smallest absolute Gasteiger partial charge is 0.190 e. The van der Waals surface area contributed by atoms with Crippen LogP contribution in [0.4, 0.5) is 0 Å². The first-order valence-corrected chi connectivity index (χ1v) is 20.7. The first-order valence-electron chi connectivity index (χ1n) is 15.1. The fraction of sp³-hybridized carbons (Fsp3) is 0.0625. The molecule has 24 heteroatoms. The average Bonchev–Trinajstić information content (AvgIpc) is 3.88. The van der Waals surface area contributed by atoms with E-state index in [0.717, 1.165) is 4.73 Å². The summed E-state index contributed by atoms with van der Waals surface area (Å²) >= 11 is 102. The van der Waals surface area contributed by atoms with Gasteiger partial charge in [0.25, 0.3) is 0 Å². The van der Waals surface area contributed by atoms with Crippen LogP contribution >= 0.6 is 174 Å². The first-order chi connectivity index (χ1) is 26.5. The lowest BCUT2D eigenvalue weighted by atomic mass is 10.1. The van der Waals surface area contributed by atoms with Crippen LogP contribution in [0.15, 0.2) is 36.0 Å². The molecular formula is C32H3Cl15N8O. The summed E-state index contributed by atoms with van der Waals surface area (Å²) in [4.78, 5) is 36.3. The molecule has 0 amide bonds. The Hall–Kier alpha value is -1.35. The maximum atomic E-state index is 7.02. The number of halogens is 15. The zero-order valence-corrected chi connectivity index (χ0v) is 37.2. The molecule has 4 aromatic carbocycles. The number of aromatic nitrogens is 1. The molecule has 5 aliphatic rings. The van der Waals surface area contributed by atoms with E-state index in [1.807, 2.05) is 0 Å². The molecule has 0 N–H and O–H groups in total. The SMILES string of the molecule is Clc1cc(Cl)c2c(c1Cl)C1=NC2N=C2c3c(Cl)c(Cl)c(Cl)c(Cl)c3C3N=C4N=C(N=c5c6c(Cl)c(Cl)c(Cl)c(Cl)c6c(n5ON23)=N1)c1c(Cl)c(Cl)c(Cl)c(Cl)c14. The van der Waals surface area contributed by atoms with Crippen LogP contribution in [0.5, 0.6) is 0 Å². The van der Waals surface area contributed by atoms with Gasteiger partial charge < -0.3 is 0 Å². The highest BCUT2D eigenvalue weighted by Crippen LogP contribution is 2.53. The fourth-order valence-corrected chi connectivity index (χ4v) is 10.8. The van der Waals surface area contributed by atoms with Gasteiger partial charge in [0.15, 0.2) is 46.6 Å². The van der Waals surface area contributed by atoms with Gasteiger partial charge in [-0.1, -0.05) is 174 Å². The van der Waals surface area contributed by atoms with Crippen molar-refractivity contribution >= 4 is 208 Å². The highest BCUT2D eigenvalue weighted by atomic mass is 35.5. The molecule has 0 saturated heterocycles. The van der Waals surface area contributed by atoms with Crippen molar-refractivity contribution in [3.63, 3.8) is 0 Å².